The molecule has 1 aliphatic carbocycles. The lowest BCUT2D eigenvalue weighted by molar-refractivity contribution is 0.242. The van der Waals surface area contributed by atoms with Crippen LogP contribution in [-0.2, 0) is 0 Å². The molecule has 20 heavy (non-hydrogen) atoms. The fourth-order valence-corrected chi connectivity index (χ4v) is 2.93. The lowest BCUT2D eigenvalue weighted by atomic mass is 9.81. The Balaban J connectivity index is 1.83. The number of rotatable bonds is 7. The predicted molar refractivity (Wildman–Crippen MR) is 85.2 cm³/mol. The van der Waals surface area contributed by atoms with E-state index in [9.17, 15) is 0 Å². The van der Waals surface area contributed by atoms with Crippen LogP contribution in [0.2, 0.25) is 0 Å². The molecule has 0 saturated heterocycles. The molecule has 112 valence electrons. The van der Waals surface area contributed by atoms with E-state index in [1.807, 2.05) is 0 Å². The molecular weight excluding hydrogens is 246 g/mol. The van der Waals surface area contributed by atoms with Crippen LogP contribution >= 0.6 is 0 Å². The van der Waals surface area contributed by atoms with Gasteiger partial charge in [-0.2, -0.15) is 0 Å². The molecule has 0 bridgehead atoms. The van der Waals surface area contributed by atoms with E-state index in [1.165, 1.54) is 31.2 Å². The van der Waals surface area contributed by atoms with Gasteiger partial charge in [-0.05, 0) is 57.7 Å². The minimum Gasteiger partial charge on any atom is -0.491 e. The molecule has 0 spiro atoms. The Morgan fingerprint density at radius 1 is 1.10 bits per heavy atom. The first-order chi connectivity index (χ1) is 9.54. The molecule has 1 saturated carbocycles. The molecule has 1 aromatic carbocycles. The highest BCUT2D eigenvalue weighted by Gasteiger charge is 2.20. The van der Waals surface area contributed by atoms with E-state index in [0.717, 1.165) is 11.7 Å². The van der Waals surface area contributed by atoms with Crippen molar-refractivity contribution in [3.05, 3.63) is 29.8 Å². The van der Waals surface area contributed by atoms with Crippen molar-refractivity contribution >= 4 is 0 Å². The van der Waals surface area contributed by atoms with Crippen LogP contribution in [0.3, 0.4) is 0 Å². The normalized spacial score (nSPS) is 18.6. The van der Waals surface area contributed by atoms with Gasteiger partial charge in [0.1, 0.15) is 5.75 Å². The molecule has 0 amide bonds. The summed E-state index contributed by atoms with van der Waals surface area (Å²) < 4.78 is 5.68. The van der Waals surface area contributed by atoms with Gasteiger partial charge in [0, 0.05) is 12.1 Å². The summed E-state index contributed by atoms with van der Waals surface area (Å²) in [4.78, 5) is 0. The number of nitrogens with one attached hydrogen (secondary N) is 1. The van der Waals surface area contributed by atoms with E-state index < -0.39 is 0 Å². The standard InChI is InChI=1S/C18H29NO/c1-13(2)20-18-10-8-17(9-11-18)15(4)19-14(3)12-16-6-5-7-16/h8-11,13-16,19H,5-7,12H2,1-4H3. The van der Waals surface area contributed by atoms with Crippen LogP contribution in [0, 0.1) is 5.92 Å². The number of benzene rings is 1. The van der Waals surface area contributed by atoms with Crippen molar-refractivity contribution in [2.75, 3.05) is 0 Å². The molecule has 2 heteroatoms. The van der Waals surface area contributed by atoms with Crippen LogP contribution in [0.1, 0.15) is 65.0 Å². The fraction of sp³-hybridized carbons (Fsp3) is 0.667. The first-order valence-corrected chi connectivity index (χ1v) is 8.07. The Morgan fingerprint density at radius 2 is 1.75 bits per heavy atom. The van der Waals surface area contributed by atoms with Gasteiger partial charge in [-0.15, -0.1) is 0 Å². The van der Waals surface area contributed by atoms with E-state index >= 15 is 0 Å². The average molecular weight is 275 g/mol. The van der Waals surface area contributed by atoms with E-state index in [1.54, 1.807) is 0 Å². The van der Waals surface area contributed by atoms with Crippen LogP contribution in [0.25, 0.3) is 0 Å². The minimum absolute atomic E-state index is 0.235. The van der Waals surface area contributed by atoms with E-state index in [4.69, 9.17) is 4.74 Å². The quantitative estimate of drug-likeness (QED) is 0.778. The van der Waals surface area contributed by atoms with Gasteiger partial charge in [-0.25, -0.2) is 0 Å². The summed E-state index contributed by atoms with van der Waals surface area (Å²) in [6.07, 6.45) is 5.85. The van der Waals surface area contributed by atoms with Crippen molar-refractivity contribution in [1.29, 1.82) is 0 Å². The zero-order chi connectivity index (χ0) is 14.5. The highest BCUT2D eigenvalue weighted by atomic mass is 16.5. The van der Waals surface area contributed by atoms with Crippen molar-refractivity contribution in [3.8, 4) is 5.75 Å². The summed E-state index contributed by atoms with van der Waals surface area (Å²) >= 11 is 0. The van der Waals surface area contributed by atoms with Crippen molar-refractivity contribution < 1.29 is 4.74 Å². The first-order valence-electron chi connectivity index (χ1n) is 8.07. The topological polar surface area (TPSA) is 21.3 Å². The van der Waals surface area contributed by atoms with Crippen molar-refractivity contribution in [2.24, 2.45) is 5.92 Å². The van der Waals surface area contributed by atoms with E-state index in [2.05, 4.69) is 57.3 Å². The predicted octanol–water partition coefficient (Wildman–Crippen LogP) is 4.70. The third-order valence-corrected chi connectivity index (χ3v) is 4.20. The molecule has 1 aromatic rings. The molecule has 0 aliphatic heterocycles. The van der Waals surface area contributed by atoms with Crippen LogP contribution < -0.4 is 10.1 Å². The Bertz CT molecular complexity index is 394. The maximum atomic E-state index is 5.68. The average Bonchev–Trinajstić information content (AvgIpc) is 2.34. The molecule has 0 heterocycles. The molecule has 0 aromatic heterocycles. The van der Waals surface area contributed by atoms with Crippen LogP contribution in [0.4, 0.5) is 0 Å². The molecule has 0 radical (unpaired) electrons. The summed E-state index contributed by atoms with van der Waals surface area (Å²) in [6, 6.07) is 9.49. The molecule has 2 unspecified atom stereocenters. The lowest BCUT2D eigenvalue weighted by Crippen LogP contribution is -2.32. The second kappa shape index (κ2) is 7.12. The van der Waals surface area contributed by atoms with Gasteiger partial charge in [0.2, 0.25) is 0 Å². The van der Waals surface area contributed by atoms with Gasteiger partial charge in [-0.1, -0.05) is 31.4 Å². The monoisotopic (exact) mass is 275 g/mol. The molecular formula is C18H29NO. The number of hydrogen-bond donors (Lipinski definition) is 1. The molecule has 1 aliphatic rings. The SMILES string of the molecule is CC(CC1CCC1)NC(C)c1ccc(OC(C)C)cc1. The molecule has 2 atom stereocenters. The Kier molecular flexibility index (Phi) is 5.47. The van der Waals surface area contributed by atoms with Crippen LogP contribution in [-0.4, -0.2) is 12.1 Å². The summed E-state index contributed by atoms with van der Waals surface area (Å²) in [5.74, 6) is 1.92. The summed E-state index contributed by atoms with van der Waals surface area (Å²) in [7, 11) is 0. The first kappa shape index (κ1) is 15.4. The highest BCUT2D eigenvalue weighted by Crippen LogP contribution is 2.31. The van der Waals surface area contributed by atoms with Gasteiger partial charge >= 0.3 is 0 Å². The fourth-order valence-electron chi connectivity index (χ4n) is 2.93. The largest absolute Gasteiger partial charge is 0.491 e. The molecule has 2 rings (SSSR count). The number of hydrogen-bond acceptors (Lipinski definition) is 2. The van der Waals surface area contributed by atoms with Gasteiger partial charge in [0.15, 0.2) is 0 Å². The van der Waals surface area contributed by atoms with Gasteiger partial charge in [0.25, 0.3) is 0 Å². The zero-order valence-corrected chi connectivity index (χ0v) is 13.4. The Labute approximate surface area is 123 Å². The number of ether oxygens (including phenoxy) is 1. The smallest absolute Gasteiger partial charge is 0.119 e. The summed E-state index contributed by atoms with van der Waals surface area (Å²) in [6.45, 7) is 8.67. The Hall–Kier alpha value is -1.02. The van der Waals surface area contributed by atoms with Crippen LogP contribution in [0.15, 0.2) is 24.3 Å². The van der Waals surface area contributed by atoms with Crippen LogP contribution in [0.5, 0.6) is 5.75 Å². The molecule has 1 N–H and O–H groups in total. The summed E-state index contributed by atoms with van der Waals surface area (Å²) in [5.41, 5.74) is 1.33. The molecule has 1 fully saturated rings. The summed E-state index contributed by atoms with van der Waals surface area (Å²) in [5, 5.41) is 3.71. The van der Waals surface area contributed by atoms with Gasteiger partial charge < -0.3 is 10.1 Å². The lowest BCUT2D eigenvalue weighted by Gasteiger charge is -2.30. The third kappa shape index (κ3) is 4.52. The highest BCUT2D eigenvalue weighted by molar-refractivity contribution is 5.29. The van der Waals surface area contributed by atoms with Gasteiger partial charge in [0.05, 0.1) is 6.10 Å². The maximum absolute atomic E-state index is 5.68. The minimum atomic E-state index is 0.235. The van der Waals surface area contributed by atoms with Crippen molar-refractivity contribution in [2.45, 2.75) is 71.6 Å². The second-order valence-corrected chi connectivity index (χ2v) is 6.56. The Morgan fingerprint density at radius 3 is 2.25 bits per heavy atom. The maximum Gasteiger partial charge on any atom is 0.119 e. The van der Waals surface area contributed by atoms with Crippen molar-refractivity contribution in [1.82, 2.24) is 5.32 Å². The van der Waals surface area contributed by atoms with E-state index in [0.29, 0.717) is 12.1 Å². The second-order valence-electron chi connectivity index (χ2n) is 6.56. The molecule has 2 nitrogen and oxygen atoms in total. The van der Waals surface area contributed by atoms with E-state index in [-0.39, 0.29) is 6.10 Å². The third-order valence-electron chi connectivity index (χ3n) is 4.20. The van der Waals surface area contributed by atoms with Gasteiger partial charge in [-0.3, -0.25) is 0 Å². The van der Waals surface area contributed by atoms with Crippen molar-refractivity contribution in [3.63, 3.8) is 0 Å². The zero-order valence-electron chi connectivity index (χ0n) is 13.4.